The maximum atomic E-state index is 14.4. The van der Waals surface area contributed by atoms with E-state index < -0.39 is 0 Å². The number of hydrogen-bond acceptors (Lipinski definition) is 2. The Morgan fingerprint density at radius 1 is 1.24 bits per heavy atom. The smallest absolute Gasteiger partial charge is 0.128 e. The lowest BCUT2D eigenvalue weighted by atomic mass is 9.94. The highest BCUT2D eigenvalue weighted by Gasteiger charge is 2.18. The largest absolute Gasteiger partial charge is 0.310 e. The van der Waals surface area contributed by atoms with Crippen LogP contribution in [0, 0.1) is 19.7 Å². The molecule has 0 aliphatic carbocycles. The van der Waals surface area contributed by atoms with Crippen LogP contribution in [0.3, 0.4) is 0 Å². The van der Waals surface area contributed by atoms with Crippen LogP contribution in [0.15, 0.2) is 36.5 Å². The van der Waals surface area contributed by atoms with Crippen LogP contribution in [0.1, 0.15) is 41.8 Å². The molecule has 0 fully saturated rings. The molecule has 0 aliphatic rings. The molecule has 0 radical (unpaired) electrons. The summed E-state index contributed by atoms with van der Waals surface area (Å²) in [5.74, 6) is -0.112. The monoisotopic (exact) mass is 286 g/mol. The van der Waals surface area contributed by atoms with E-state index in [0.717, 1.165) is 41.8 Å². The third kappa shape index (κ3) is 4.11. The van der Waals surface area contributed by atoms with Crippen molar-refractivity contribution in [2.45, 2.75) is 39.7 Å². The Morgan fingerprint density at radius 3 is 2.67 bits per heavy atom. The zero-order valence-electron chi connectivity index (χ0n) is 13.0. The Morgan fingerprint density at radius 2 is 2.05 bits per heavy atom. The zero-order valence-corrected chi connectivity index (χ0v) is 13.0. The summed E-state index contributed by atoms with van der Waals surface area (Å²) in [5, 5.41) is 3.40. The topological polar surface area (TPSA) is 24.9 Å². The summed E-state index contributed by atoms with van der Waals surface area (Å²) in [5.41, 5.74) is 3.82. The number of aryl methyl sites for hydroxylation is 3. The van der Waals surface area contributed by atoms with Gasteiger partial charge in [-0.3, -0.25) is 4.98 Å². The average molecular weight is 286 g/mol. The van der Waals surface area contributed by atoms with Crippen molar-refractivity contribution in [3.63, 3.8) is 0 Å². The predicted molar refractivity (Wildman–Crippen MR) is 84.8 cm³/mol. The minimum absolute atomic E-state index is 0.0256. The van der Waals surface area contributed by atoms with Crippen molar-refractivity contribution in [1.82, 2.24) is 10.3 Å². The Labute approximate surface area is 126 Å². The standard InChI is InChI=1S/C18H23FN2/c1-4-20-17(9-8-15-7-5-6-10-21-15)18-14(3)11-13(2)12-16(18)19/h5-7,10-12,17,20H,4,8-9H2,1-3H3. The van der Waals surface area contributed by atoms with Crippen LogP contribution in [0.4, 0.5) is 4.39 Å². The minimum atomic E-state index is -0.112. The summed E-state index contributed by atoms with van der Waals surface area (Å²) in [6.45, 7) is 6.78. The maximum absolute atomic E-state index is 14.4. The van der Waals surface area contributed by atoms with Gasteiger partial charge in [-0.25, -0.2) is 4.39 Å². The molecule has 1 unspecified atom stereocenters. The van der Waals surface area contributed by atoms with Crippen LogP contribution in [0.5, 0.6) is 0 Å². The van der Waals surface area contributed by atoms with Crippen LogP contribution in [0.2, 0.25) is 0 Å². The molecule has 1 heterocycles. The van der Waals surface area contributed by atoms with Crippen molar-refractivity contribution in [2.75, 3.05) is 6.54 Å². The van der Waals surface area contributed by atoms with Crippen molar-refractivity contribution in [1.29, 1.82) is 0 Å². The van der Waals surface area contributed by atoms with Crippen molar-refractivity contribution < 1.29 is 4.39 Å². The van der Waals surface area contributed by atoms with Crippen molar-refractivity contribution >= 4 is 0 Å². The number of hydrogen-bond donors (Lipinski definition) is 1. The van der Waals surface area contributed by atoms with Crippen LogP contribution >= 0.6 is 0 Å². The molecule has 0 saturated heterocycles. The molecule has 2 aromatic rings. The molecule has 0 spiro atoms. The van der Waals surface area contributed by atoms with E-state index in [0.29, 0.717) is 0 Å². The summed E-state index contributed by atoms with van der Waals surface area (Å²) in [6.07, 6.45) is 3.48. The van der Waals surface area contributed by atoms with Crippen LogP contribution in [-0.2, 0) is 6.42 Å². The van der Waals surface area contributed by atoms with Crippen LogP contribution < -0.4 is 5.32 Å². The van der Waals surface area contributed by atoms with E-state index in [1.54, 1.807) is 12.3 Å². The lowest BCUT2D eigenvalue weighted by Crippen LogP contribution is -2.23. The summed E-state index contributed by atoms with van der Waals surface area (Å²) >= 11 is 0. The first kappa shape index (κ1) is 15.6. The SMILES string of the molecule is CCNC(CCc1ccccn1)c1c(C)cc(C)cc1F. The van der Waals surface area contributed by atoms with Gasteiger partial charge in [0.15, 0.2) is 0 Å². The van der Waals surface area contributed by atoms with E-state index in [2.05, 4.69) is 17.2 Å². The molecular weight excluding hydrogens is 263 g/mol. The molecular formula is C18H23FN2. The molecule has 1 aromatic heterocycles. The lowest BCUT2D eigenvalue weighted by Gasteiger charge is -2.21. The number of halogens is 1. The fourth-order valence-electron chi connectivity index (χ4n) is 2.80. The van der Waals surface area contributed by atoms with E-state index in [1.807, 2.05) is 38.1 Å². The highest BCUT2D eigenvalue weighted by atomic mass is 19.1. The second kappa shape index (κ2) is 7.32. The first-order valence-electron chi connectivity index (χ1n) is 7.51. The number of rotatable bonds is 6. The summed E-state index contributed by atoms with van der Waals surface area (Å²) < 4.78 is 14.4. The Balaban J connectivity index is 2.19. The molecule has 1 N–H and O–H groups in total. The fourth-order valence-corrected chi connectivity index (χ4v) is 2.80. The third-order valence-corrected chi connectivity index (χ3v) is 3.69. The van der Waals surface area contributed by atoms with Gasteiger partial charge in [-0.1, -0.05) is 19.1 Å². The van der Waals surface area contributed by atoms with Crippen LogP contribution in [-0.4, -0.2) is 11.5 Å². The molecule has 2 rings (SSSR count). The van der Waals surface area contributed by atoms with E-state index in [-0.39, 0.29) is 11.9 Å². The zero-order chi connectivity index (χ0) is 15.2. The van der Waals surface area contributed by atoms with Gasteiger partial charge in [-0.2, -0.15) is 0 Å². The van der Waals surface area contributed by atoms with Gasteiger partial charge in [-0.05, 0) is 62.6 Å². The van der Waals surface area contributed by atoms with E-state index >= 15 is 0 Å². The first-order valence-corrected chi connectivity index (χ1v) is 7.51. The predicted octanol–water partition coefficient (Wildman–Crippen LogP) is 4.12. The number of pyridine rings is 1. The van der Waals surface area contributed by atoms with Crippen molar-refractivity contribution in [3.05, 3.63) is 64.7 Å². The van der Waals surface area contributed by atoms with Gasteiger partial charge in [0, 0.05) is 23.5 Å². The summed E-state index contributed by atoms with van der Waals surface area (Å²) in [7, 11) is 0. The maximum Gasteiger partial charge on any atom is 0.128 e. The summed E-state index contributed by atoms with van der Waals surface area (Å²) in [4.78, 5) is 4.34. The van der Waals surface area contributed by atoms with Crippen molar-refractivity contribution in [2.24, 2.45) is 0 Å². The number of nitrogens with one attached hydrogen (secondary N) is 1. The molecule has 21 heavy (non-hydrogen) atoms. The number of benzene rings is 1. The molecule has 1 atom stereocenters. The second-order valence-electron chi connectivity index (χ2n) is 5.45. The second-order valence-corrected chi connectivity index (χ2v) is 5.45. The molecule has 3 heteroatoms. The highest BCUT2D eigenvalue weighted by Crippen LogP contribution is 2.26. The Kier molecular flexibility index (Phi) is 5.45. The molecule has 0 amide bonds. The Bertz CT molecular complexity index is 558. The molecule has 112 valence electrons. The van der Waals surface area contributed by atoms with E-state index in [4.69, 9.17) is 0 Å². The number of nitrogens with zero attached hydrogens (tertiary/aromatic N) is 1. The molecule has 1 aromatic carbocycles. The lowest BCUT2D eigenvalue weighted by molar-refractivity contribution is 0.480. The molecule has 0 saturated carbocycles. The third-order valence-electron chi connectivity index (χ3n) is 3.69. The minimum Gasteiger partial charge on any atom is -0.310 e. The molecule has 0 bridgehead atoms. The molecule has 0 aliphatic heterocycles. The first-order chi connectivity index (χ1) is 10.1. The summed E-state index contributed by atoms with van der Waals surface area (Å²) in [6, 6.07) is 9.60. The van der Waals surface area contributed by atoms with Gasteiger partial charge in [0.2, 0.25) is 0 Å². The number of aromatic nitrogens is 1. The normalized spacial score (nSPS) is 12.4. The van der Waals surface area contributed by atoms with Gasteiger partial charge in [0.25, 0.3) is 0 Å². The van der Waals surface area contributed by atoms with Gasteiger partial charge >= 0.3 is 0 Å². The quantitative estimate of drug-likeness (QED) is 0.864. The van der Waals surface area contributed by atoms with Gasteiger partial charge in [0.05, 0.1) is 0 Å². The van der Waals surface area contributed by atoms with E-state index in [1.165, 1.54) is 0 Å². The van der Waals surface area contributed by atoms with Gasteiger partial charge in [-0.15, -0.1) is 0 Å². The van der Waals surface area contributed by atoms with Crippen molar-refractivity contribution in [3.8, 4) is 0 Å². The molecule has 2 nitrogen and oxygen atoms in total. The van der Waals surface area contributed by atoms with Crippen LogP contribution in [0.25, 0.3) is 0 Å². The van der Waals surface area contributed by atoms with Gasteiger partial charge in [0.1, 0.15) is 5.82 Å². The average Bonchev–Trinajstić information content (AvgIpc) is 2.45. The highest BCUT2D eigenvalue weighted by molar-refractivity contribution is 5.34. The Hall–Kier alpha value is -1.74. The van der Waals surface area contributed by atoms with E-state index in [9.17, 15) is 4.39 Å². The fraction of sp³-hybridized carbons (Fsp3) is 0.389. The van der Waals surface area contributed by atoms with Gasteiger partial charge < -0.3 is 5.32 Å².